The number of halogens is 3. The second-order valence-electron chi connectivity index (χ2n) is 8.54. The number of hydrogen-bond donors (Lipinski definition) is 1. The van der Waals surface area contributed by atoms with E-state index in [-0.39, 0.29) is 18.4 Å². The summed E-state index contributed by atoms with van der Waals surface area (Å²) in [6.07, 6.45) is -1.21. The number of carbonyl (C=O) groups is 1. The van der Waals surface area contributed by atoms with Crippen molar-refractivity contribution in [3.63, 3.8) is 0 Å². The summed E-state index contributed by atoms with van der Waals surface area (Å²) in [5.74, 6) is -1.43. The van der Waals surface area contributed by atoms with Crippen LogP contribution in [0.25, 0.3) is 11.1 Å². The number of amides is 1. The molecule has 0 aliphatic heterocycles. The Labute approximate surface area is 194 Å². The minimum absolute atomic E-state index is 0.122. The molecule has 1 N–H and O–H groups in total. The van der Waals surface area contributed by atoms with E-state index in [9.17, 15) is 31.6 Å². The van der Waals surface area contributed by atoms with Gasteiger partial charge in [-0.15, -0.1) is 0 Å². The number of aromatic nitrogens is 2. The van der Waals surface area contributed by atoms with E-state index in [2.05, 4.69) is 15.3 Å². The number of methoxy groups -OCH3 is 1. The van der Waals surface area contributed by atoms with Gasteiger partial charge in [-0.1, -0.05) is 6.07 Å². The van der Waals surface area contributed by atoms with Crippen molar-refractivity contribution in [3.05, 3.63) is 42.5 Å². The van der Waals surface area contributed by atoms with Gasteiger partial charge in [-0.25, -0.2) is 18.4 Å². The number of rotatable bonds is 6. The Balaban J connectivity index is 1.66. The van der Waals surface area contributed by atoms with Crippen molar-refractivity contribution >= 4 is 15.7 Å². The summed E-state index contributed by atoms with van der Waals surface area (Å²) in [6.45, 7) is 0. The smallest absolute Gasteiger partial charge is 0.381 e. The summed E-state index contributed by atoms with van der Waals surface area (Å²) in [5.41, 5.74) is -1.82. The number of hydrogen-bond acceptors (Lipinski definition) is 7. The molecule has 1 aromatic heterocycles. The average molecular weight is 494 g/mol. The molecule has 180 valence electrons. The van der Waals surface area contributed by atoms with Gasteiger partial charge in [-0.05, 0) is 43.4 Å². The number of nitriles is 1. The van der Waals surface area contributed by atoms with Crippen LogP contribution in [0, 0.1) is 17.2 Å². The SMILES string of the molecule is COC1CC(S(=O)(=O)c2ccc(-c3cncnc3)cc2C(F)(F)F)CC1C(=O)NC1(C#N)CC1. The highest BCUT2D eigenvalue weighted by Gasteiger charge is 2.51. The summed E-state index contributed by atoms with van der Waals surface area (Å²) >= 11 is 0. The summed E-state index contributed by atoms with van der Waals surface area (Å²) in [4.78, 5) is 19.5. The minimum Gasteiger partial charge on any atom is -0.381 e. The fourth-order valence-corrected chi connectivity index (χ4v) is 6.27. The molecule has 4 rings (SSSR count). The lowest BCUT2D eigenvalue weighted by atomic mass is 10.0. The van der Waals surface area contributed by atoms with Crippen molar-refractivity contribution in [3.8, 4) is 17.2 Å². The van der Waals surface area contributed by atoms with Crippen LogP contribution in [0.4, 0.5) is 13.2 Å². The first-order chi connectivity index (χ1) is 16.0. The zero-order valence-corrected chi connectivity index (χ0v) is 18.9. The Morgan fingerprint density at radius 2 is 1.88 bits per heavy atom. The first-order valence-corrected chi connectivity index (χ1v) is 12.0. The molecule has 12 heteroatoms. The Hall–Kier alpha value is -3.04. The number of carbonyl (C=O) groups excluding carboxylic acids is 1. The molecule has 0 spiro atoms. The summed E-state index contributed by atoms with van der Waals surface area (Å²) in [6, 6.07) is 5.00. The molecule has 1 aromatic carbocycles. The monoisotopic (exact) mass is 494 g/mol. The van der Waals surface area contributed by atoms with Gasteiger partial charge < -0.3 is 10.1 Å². The molecule has 2 aromatic rings. The predicted octanol–water partition coefficient (Wildman–Crippen LogP) is 2.90. The van der Waals surface area contributed by atoms with Gasteiger partial charge in [-0.3, -0.25) is 4.79 Å². The normalized spacial score (nSPS) is 23.8. The van der Waals surface area contributed by atoms with Gasteiger partial charge in [0.15, 0.2) is 9.84 Å². The minimum atomic E-state index is -4.94. The maximum Gasteiger partial charge on any atom is 0.417 e. The molecule has 2 saturated carbocycles. The Morgan fingerprint density at radius 1 is 1.21 bits per heavy atom. The number of sulfone groups is 1. The van der Waals surface area contributed by atoms with Gasteiger partial charge in [0.2, 0.25) is 5.91 Å². The maximum absolute atomic E-state index is 13.9. The Morgan fingerprint density at radius 3 is 2.44 bits per heavy atom. The second-order valence-corrected chi connectivity index (χ2v) is 10.7. The van der Waals surface area contributed by atoms with E-state index in [1.54, 1.807) is 0 Å². The zero-order chi connectivity index (χ0) is 24.7. The molecular weight excluding hydrogens is 473 g/mol. The van der Waals surface area contributed by atoms with Crippen LogP contribution in [0.15, 0.2) is 41.8 Å². The molecule has 3 atom stereocenters. The van der Waals surface area contributed by atoms with Crippen LogP contribution in [0.1, 0.15) is 31.2 Å². The van der Waals surface area contributed by atoms with E-state index < -0.39 is 55.2 Å². The topological polar surface area (TPSA) is 122 Å². The standard InChI is InChI=1S/C22H21F3N4O4S/c1-33-18-8-15(7-16(18)20(30)29-21(11-26)4-5-21)34(31,32)19-3-2-13(6-17(19)22(23,24)25)14-9-27-12-28-10-14/h2-3,6,9-10,12,15-16,18H,4-5,7-8H2,1H3,(H,29,30). The van der Waals surface area contributed by atoms with Crippen LogP contribution in [0.3, 0.4) is 0 Å². The molecule has 2 aliphatic rings. The third-order valence-electron chi connectivity index (χ3n) is 6.35. The highest BCUT2D eigenvalue weighted by atomic mass is 32.2. The van der Waals surface area contributed by atoms with Crippen molar-refractivity contribution in [1.82, 2.24) is 15.3 Å². The van der Waals surface area contributed by atoms with Gasteiger partial charge in [0, 0.05) is 25.1 Å². The molecule has 1 heterocycles. The van der Waals surface area contributed by atoms with Crippen molar-refractivity contribution in [2.45, 2.75) is 53.6 Å². The van der Waals surface area contributed by atoms with Crippen LogP contribution in [0.5, 0.6) is 0 Å². The highest BCUT2D eigenvalue weighted by Crippen LogP contribution is 2.42. The summed E-state index contributed by atoms with van der Waals surface area (Å²) in [5, 5.41) is 10.6. The van der Waals surface area contributed by atoms with Gasteiger partial charge in [-0.2, -0.15) is 18.4 Å². The first-order valence-electron chi connectivity index (χ1n) is 10.5. The molecule has 2 fully saturated rings. The fraction of sp³-hybridized carbons (Fsp3) is 0.455. The molecule has 0 saturated heterocycles. The third kappa shape index (κ3) is 4.50. The number of nitrogens with one attached hydrogen (secondary N) is 1. The van der Waals surface area contributed by atoms with E-state index in [0.29, 0.717) is 18.4 Å². The quantitative estimate of drug-likeness (QED) is 0.655. The van der Waals surface area contributed by atoms with Gasteiger partial charge in [0.25, 0.3) is 0 Å². The maximum atomic E-state index is 13.9. The molecule has 0 radical (unpaired) electrons. The van der Waals surface area contributed by atoms with Crippen molar-refractivity contribution in [2.24, 2.45) is 5.92 Å². The van der Waals surface area contributed by atoms with Crippen LogP contribution in [-0.2, 0) is 25.5 Å². The first kappa shape index (κ1) is 24.1. The van der Waals surface area contributed by atoms with E-state index >= 15 is 0 Å². The van der Waals surface area contributed by atoms with Crippen LogP contribution < -0.4 is 5.32 Å². The van der Waals surface area contributed by atoms with Crippen LogP contribution >= 0.6 is 0 Å². The molecular formula is C22H21F3N4O4S. The molecule has 2 aliphatic carbocycles. The number of benzene rings is 1. The van der Waals surface area contributed by atoms with Crippen molar-refractivity contribution in [2.75, 3.05) is 7.11 Å². The molecule has 8 nitrogen and oxygen atoms in total. The largest absolute Gasteiger partial charge is 0.417 e. The van der Waals surface area contributed by atoms with Gasteiger partial charge >= 0.3 is 6.18 Å². The summed E-state index contributed by atoms with van der Waals surface area (Å²) < 4.78 is 73.8. The van der Waals surface area contributed by atoms with E-state index in [4.69, 9.17) is 4.74 Å². The van der Waals surface area contributed by atoms with Gasteiger partial charge in [0.05, 0.1) is 33.8 Å². The number of nitrogens with zero attached hydrogens (tertiary/aromatic N) is 3. The zero-order valence-electron chi connectivity index (χ0n) is 18.0. The Bertz CT molecular complexity index is 1240. The van der Waals surface area contributed by atoms with E-state index in [0.717, 1.165) is 12.1 Å². The number of ether oxygens (including phenoxy) is 1. The summed E-state index contributed by atoms with van der Waals surface area (Å²) in [7, 11) is -3.16. The molecule has 34 heavy (non-hydrogen) atoms. The van der Waals surface area contributed by atoms with Gasteiger partial charge in [0.1, 0.15) is 11.9 Å². The highest BCUT2D eigenvalue weighted by molar-refractivity contribution is 7.92. The van der Waals surface area contributed by atoms with Crippen LogP contribution in [0.2, 0.25) is 0 Å². The second kappa shape index (κ2) is 8.63. The lowest BCUT2D eigenvalue weighted by Gasteiger charge is -2.19. The fourth-order valence-electron chi connectivity index (χ4n) is 4.27. The van der Waals surface area contributed by atoms with Crippen molar-refractivity contribution < 1.29 is 31.1 Å². The molecule has 1 amide bonds. The molecule has 3 unspecified atom stereocenters. The Kier molecular flexibility index (Phi) is 6.12. The molecule has 0 bridgehead atoms. The van der Waals surface area contributed by atoms with Crippen molar-refractivity contribution in [1.29, 1.82) is 5.26 Å². The van der Waals surface area contributed by atoms with E-state index in [1.807, 2.05) is 6.07 Å². The number of alkyl halides is 3. The third-order valence-corrected chi connectivity index (χ3v) is 8.58. The average Bonchev–Trinajstić information content (AvgIpc) is 3.44. The predicted molar refractivity (Wildman–Crippen MR) is 113 cm³/mol. The lowest BCUT2D eigenvalue weighted by Crippen LogP contribution is -2.42. The lowest BCUT2D eigenvalue weighted by molar-refractivity contribution is -0.139. The van der Waals surface area contributed by atoms with E-state index in [1.165, 1.54) is 31.9 Å². The van der Waals surface area contributed by atoms with Crippen LogP contribution in [-0.4, -0.2) is 48.3 Å².